The lowest BCUT2D eigenvalue weighted by atomic mass is 10.2. The van der Waals surface area contributed by atoms with Gasteiger partial charge in [0.05, 0.1) is 11.1 Å². The number of aromatic nitrogens is 3. The second-order valence-electron chi connectivity index (χ2n) is 3.77. The first-order chi connectivity index (χ1) is 7.33. The highest BCUT2D eigenvalue weighted by Gasteiger charge is 2.20. The van der Waals surface area contributed by atoms with Crippen molar-refractivity contribution in [3.63, 3.8) is 0 Å². The monoisotopic (exact) mass is 222 g/mol. The van der Waals surface area contributed by atoms with Crippen LogP contribution in [0, 0.1) is 0 Å². The Labute approximate surface area is 92.3 Å². The highest BCUT2D eigenvalue weighted by molar-refractivity contribution is 6.30. The Morgan fingerprint density at radius 1 is 1.47 bits per heavy atom. The first-order valence-corrected chi connectivity index (χ1v) is 5.46. The molecule has 1 unspecified atom stereocenters. The van der Waals surface area contributed by atoms with Crippen molar-refractivity contribution in [2.24, 2.45) is 0 Å². The second kappa shape index (κ2) is 3.47. The fourth-order valence-electron chi connectivity index (χ4n) is 1.93. The van der Waals surface area contributed by atoms with Gasteiger partial charge in [-0.2, -0.15) is 0 Å². The van der Waals surface area contributed by atoms with Crippen LogP contribution in [0.5, 0.6) is 0 Å². The third-order valence-electron chi connectivity index (χ3n) is 2.68. The molecule has 0 saturated carbocycles. The fourth-order valence-corrected chi connectivity index (χ4v) is 2.08. The molecule has 3 rings (SSSR count). The lowest BCUT2D eigenvalue weighted by Crippen LogP contribution is -2.14. The Kier molecular flexibility index (Phi) is 2.11. The molecule has 0 amide bonds. The minimum absolute atomic E-state index is 0.309. The number of hydrogen-bond acceptors (Lipinski definition) is 3. The summed E-state index contributed by atoms with van der Waals surface area (Å²) in [5.74, 6) is 0.870. The summed E-state index contributed by atoms with van der Waals surface area (Å²) in [4.78, 5) is 4.47. The molecule has 3 heterocycles. The summed E-state index contributed by atoms with van der Waals surface area (Å²) in [6.07, 6.45) is 4.09. The van der Waals surface area contributed by atoms with Crippen LogP contribution in [0.25, 0.3) is 5.65 Å². The van der Waals surface area contributed by atoms with E-state index in [1.54, 1.807) is 10.7 Å². The van der Waals surface area contributed by atoms with Gasteiger partial charge in [-0.25, -0.2) is 9.50 Å². The Hall–Kier alpha value is -1.13. The maximum Gasteiger partial charge on any atom is 0.168 e. The van der Waals surface area contributed by atoms with Crippen LogP contribution in [-0.2, 0) is 0 Å². The molecule has 0 aliphatic carbocycles. The summed E-state index contributed by atoms with van der Waals surface area (Å²) in [6.45, 7) is 1.06. The van der Waals surface area contributed by atoms with Gasteiger partial charge in [0.15, 0.2) is 11.5 Å². The number of halogens is 1. The van der Waals surface area contributed by atoms with Crippen molar-refractivity contribution >= 4 is 17.2 Å². The first kappa shape index (κ1) is 9.12. The molecule has 5 heteroatoms. The van der Waals surface area contributed by atoms with Gasteiger partial charge in [0.1, 0.15) is 0 Å². The summed E-state index contributed by atoms with van der Waals surface area (Å²) in [5, 5.41) is 8.47. The molecule has 1 N–H and O–H groups in total. The Bertz CT molecular complexity index is 487. The largest absolute Gasteiger partial charge is 0.307 e. The summed E-state index contributed by atoms with van der Waals surface area (Å²) < 4.78 is 1.73. The normalized spacial score (nSPS) is 21.3. The Morgan fingerprint density at radius 3 is 3.20 bits per heavy atom. The summed E-state index contributed by atoms with van der Waals surface area (Å²) >= 11 is 5.88. The average Bonchev–Trinajstić information content (AvgIpc) is 2.84. The van der Waals surface area contributed by atoms with Gasteiger partial charge in [0.25, 0.3) is 0 Å². The third kappa shape index (κ3) is 1.60. The maximum absolute atomic E-state index is 5.88. The molecule has 0 radical (unpaired) electrons. The van der Waals surface area contributed by atoms with Gasteiger partial charge >= 0.3 is 0 Å². The molecule has 2 aromatic rings. The van der Waals surface area contributed by atoms with Gasteiger partial charge in [0.2, 0.25) is 0 Å². The van der Waals surface area contributed by atoms with E-state index in [1.807, 2.05) is 12.1 Å². The minimum Gasteiger partial charge on any atom is -0.307 e. The van der Waals surface area contributed by atoms with E-state index in [0.717, 1.165) is 24.4 Å². The predicted octanol–water partition coefficient (Wildman–Crippen LogP) is 1.81. The molecule has 0 aromatic carbocycles. The zero-order valence-electron chi connectivity index (χ0n) is 8.15. The molecule has 1 saturated heterocycles. The molecule has 15 heavy (non-hydrogen) atoms. The van der Waals surface area contributed by atoms with Gasteiger partial charge < -0.3 is 5.32 Å². The van der Waals surface area contributed by atoms with Crippen LogP contribution in [0.1, 0.15) is 24.7 Å². The van der Waals surface area contributed by atoms with Crippen molar-refractivity contribution in [1.29, 1.82) is 0 Å². The number of fused-ring (bicyclic) bond motifs is 1. The molecule has 0 bridgehead atoms. The summed E-state index contributed by atoms with van der Waals surface area (Å²) in [5.41, 5.74) is 0.850. The van der Waals surface area contributed by atoms with Crippen LogP contribution in [0.2, 0.25) is 5.02 Å². The lowest BCUT2D eigenvalue weighted by Gasteiger charge is -2.02. The van der Waals surface area contributed by atoms with Crippen LogP contribution >= 0.6 is 11.6 Å². The van der Waals surface area contributed by atoms with E-state index in [-0.39, 0.29) is 0 Å². The molecular weight excluding hydrogens is 212 g/mol. The van der Waals surface area contributed by atoms with Crippen LogP contribution in [0.15, 0.2) is 18.3 Å². The van der Waals surface area contributed by atoms with Crippen molar-refractivity contribution in [3.8, 4) is 0 Å². The van der Waals surface area contributed by atoms with Gasteiger partial charge in [0, 0.05) is 6.20 Å². The van der Waals surface area contributed by atoms with Crippen LogP contribution in [0.4, 0.5) is 0 Å². The van der Waals surface area contributed by atoms with E-state index in [4.69, 9.17) is 11.6 Å². The lowest BCUT2D eigenvalue weighted by molar-refractivity contribution is 0.604. The highest BCUT2D eigenvalue weighted by atomic mass is 35.5. The highest BCUT2D eigenvalue weighted by Crippen LogP contribution is 2.20. The molecule has 1 aliphatic heterocycles. The molecule has 1 aliphatic rings. The molecule has 1 atom stereocenters. The van der Waals surface area contributed by atoms with E-state index in [9.17, 15) is 0 Å². The van der Waals surface area contributed by atoms with Crippen molar-refractivity contribution in [2.45, 2.75) is 18.9 Å². The maximum atomic E-state index is 5.88. The number of pyridine rings is 1. The van der Waals surface area contributed by atoms with Crippen molar-refractivity contribution in [1.82, 2.24) is 19.9 Å². The number of nitrogens with one attached hydrogen (secondary N) is 1. The van der Waals surface area contributed by atoms with E-state index < -0.39 is 0 Å². The summed E-state index contributed by atoms with van der Waals surface area (Å²) in [6, 6.07) is 4.02. The van der Waals surface area contributed by atoms with Crippen LogP contribution < -0.4 is 5.32 Å². The SMILES string of the molecule is Clc1ccc2nc(C3CCCN3)nn2c1. The fraction of sp³-hybridized carbons (Fsp3) is 0.400. The Balaban J connectivity index is 2.05. The number of hydrogen-bond donors (Lipinski definition) is 1. The van der Waals surface area contributed by atoms with Gasteiger partial charge in [-0.3, -0.25) is 0 Å². The second-order valence-corrected chi connectivity index (χ2v) is 4.21. The van der Waals surface area contributed by atoms with Crippen molar-refractivity contribution < 1.29 is 0 Å². The van der Waals surface area contributed by atoms with E-state index >= 15 is 0 Å². The molecule has 2 aromatic heterocycles. The van der Waals surface area contributed by atoms with E-state index in [2.05, 4.69) is 15.4 Å². The van der Waals surface area contributed by atoms with E-state index in [1.165, 1.54) is 6.42 Å². The zero-order valence-corrected chi connectivity index (χ0v) is 8.91. The van der Waals surface area contributed by atoms with Crippen molar-refractivity contribution in [3.05, 3.63) is 29.2 Å². The quantitative estimate of drug-likeness (QED) is 0.800. The average molecular weight is 223 g/mol. The smallest absolute Gasteiger partial charge is 0.168 e. The molecular formula is C10H11ClN4. The van der Waals surface area contributed by atoms with E-state index in [0.29, 0.717) is 11.1 Å². The Morgan fingerprint density at radius 2 is 2.40 bits per heavy atom. The molecule has 78 valence electrons. The van der Waals surface area contributed by atoms with Crippen LogP contribution in [-0.4, -0.2) is 21.1 Å². The molecule has 4 nitrogen and oxygen atoms in total. The topological polar surface area (TPSA) is 42.2 Å². The first-order valence-electron chi connectivity index (χ1n) is 5.08. The van der Waals surface area contributed by atoms with Gasteiger partial charge in [-0.05, 0) is 31.5 Å². The summed E-state index contributed by atoms with van der Waals surface area (Å²) in [7, 11) is 0. The molecule has 0 spiro atoms. The van der Waals surface area contributed by atoms with Crippen LogP contribution in [0.3, 0.4) is 0 Å². The number of rotatable bonds is 1. The predicted molar refractivity (Wildman–Crippen MR) is 58.0 cm³/mol. The zero-order chi connectivity index (χ0) is 10.3. The molecule has 1 fully saturated rings. The minimum atomic E-state index is 0.309. The standard InChI is InChI=1S/C10H11ClN4/c11-7-3-4-9-13-10(14-15(9)6-7)8-2-1-5-12-8/h3-4,6,8,12H,1-2,5H2. The van der Waals surface area contributed by atoms with Gasteiger partial charge in [-0.15, -0.1) is 5.10 Å². The third-order valence-corrected chi connectivity index (χ3v) is 2.91. The van der Waals surface area contributed by atoms with Gasteiger partial charge in [-0.1, -0.05) is 11.6 Å². The van der Waals surface area contributed by atoms with Crippen molar-refractivity contribution in [2.75, 3.05) is 6.54 Å². The number of nitrogens with zero attached hydrogens (tertiary/aromatic N) is 3.